The Morgan fingerprint density at radius 1 is 1.47 bits per heavy atom. The molecule has 0 aliphatic rings. The van der Waals surface area contributed by atoms with Crippen LogP contribution < -0.4 is 5.32 Å². The van der Waals surface area contributed by atoms with Crippen LogP contribution >= 0.6 is 0 Å². The maximum absolute atomic E-state index is 10.6. The Bertz CT molecular complexity index is 568. The quantitative estimate of drug-likeness (QED) is 0.689. The van der Waals surface area contributed by atoms with Crippen molar-refractivity contribution in [2.45, 2.75) is 12.8 Å². The predicted octanol–water partition coefficient (Wildman–Crippen LogP) is 0.200. The second-order valence-corrected chi connectivity index (χ2v) is 3.92. The number of hydrogen-bond donors (Lipinski definition) is 2. The number of carbonyl (C=O) groups is 1. The molecular formula is C11H15N5O3. The van der Waals surface area contributed by atoms with Crippen molar-refractivity contribution < 1.29 is 14.6 Å². The molecule has 0 radical (unpaired) electrons. The second-order valence-electron chi connectivity index (χ2n) is 3.92. The van der Waals surface area contributed by atoms with E-state index in [0.29, 0.717) is 36.9 Å². The van der Waals surface area contributed by atoms with Crippen molar-refractivity contribution >= 4 is 17.4 Å². The Morgan fingerprint density at radius 2 is 2.32 bits per heavy atom. The third-order valence-electron chi connectivity index (χ3n) is 2.50. The number of fused-ring (bicyclic) bond motifs is 1. The minimum absolute atomic E-state index is 0.00377. The summed E-state index contributed by atoms with van der Waals surface area (Å²) in [6.45, 7) is 1.22. The highest BCUT2D eigenvalue weighted by Gasteiger charge is 2.09. The Balaban J connectivity index is 2.14. The fourth-order valence-electron chi connectivity index (χ4n) is 1.58. The van der Waals surface area contributed by atoms with Gasteiger partial charge in [-0.1, -0.05) is 0 Å². The van der Waals surface area contributed by atoms with Gasteiger partial charge in [-0.05, 0) is 12.1 Å². The van der Waals surface area contributed by atoms with Gasteiger partial charge in [-0.3, -0.25) is 4.79 Å². The summed E-state index contributed by atoms with van der Waals surface area (Å²) >= 11 is 0. The van der Waals surface area contributed by atoms with Crippen molar-refractivity contribution in [3.63, 3.8) is 0 Å². The molecule has 8 heteroatoms. The molecule has 0 saturated heterocycles. The molecule has 0 aromatic carbocycles. The molecule has 0 fully saturated rings. The SMILES string of the molecule is COCCNc1ccc2nnc(CCC(=O)O)n2n1. The summed E-state index contributed by atoms with van der Waals surface area (Å²) in [4.78, 5) is 10.6. The highest BCUT2D eigenvalue weighted by Crippen LogP contribution is 2.08. The number of anilines is 1. The van der Waals surface area contributed by atoms with E-state index in [0.717, 1.165) is 0 Å². The smallest absolute Gasteiger partial charge is 0.303 e. The van der Waals surface area contributed by atoms with E-state index >= 15 is 0 Å². The van der Waals surface area contributed by atoms with Gasteiger partial charge in [0.2, 0.25) is 0 Å². The maximum Gasteiger partial charge on any atom is 0.303 e. The third kappa shape index (κ3) is 3.38. The van der Waals surface area contributed by atoms with Crippen LogP contribution in [0.4, 0.5) is 5.82 Å². The lowest BCUT2D eigenvalue weighted by Crippen LogP contribution is -2.11. The van der Waals surface area contributed by atoms with E-state index in [2.05, 4.69) is 20.6 Å². The van der Waals surface area contributed by atoms with Crippen LogP contribution in [-0.4, -0.2) is 51.1 Å². The summed E-state index contributed by atoms with van der Waals surface area (Å²) in [5.41, 5.74) is 0.595. The minimum Gasteiger partial charge on any atom is -0.481 e. The lowest BCUT2D eigenvalue weighted by atomic mass is 10.3. The van der Waals surface area contributed by atoms with Crippen molar-refractivity contribution in [2.24, 2.45) is 0 Å². The Hall–Kier alpha value is -2.22. The highest BCUT2D eigenvalue weighted by molar-refractivity contribution is 5.66. The van der Waals surface area contributed by atoms with Crippen LogP contribution in [-0.2, 0) is 16.0 Å². The molecule has 0 spiro atoms. The average Bonchev–Trinajstić information content (AvgIpc) is 2.79. The summed E-state index contributed by atoms with van der Waals surface area (Å²) in [6, 6.07) is 3.57. The van der Waals surface area contributed by atoms with Crippen LogP contribution in [0, 0.1) is 0 Å². The number of nitrogens with zero attached hydrogens (tertiary/aromatic N) is 4. The average molecular weight is 265 g/mol. The van der Waals surface area contributed by atoms with Gasteiger partial charge in [-0.15, -0.1) is 15.3 Å². The van der Waals surface area contributed by atoms with Gasteiger partial charge in [0.25, 0.3) is 0 Å². The van der Waals surface area contributed by atoms with Crippen molar-refractivity contribution in [1.29, 1.82) is 0 Å². The van der Waals surface area contributed by atoms with E-state index in [1.54, 1.807) is 23.8 Å². The van der Waals surface area contributed by atoms with Gasteiger partial charge < -0.3 is 15.2 Å². The molecular weight excluding hydrogens is 250 g/mol. The lowest BCUT2D eigenvalue weighted by molar-refractivity contribution is -0.137. The Labute approximate surface area is 109 Å². The normalized spacial score (nSPS) is 10.8. The first-order chi connectivity index (χ1) is 9.20. The summed E-state index contributed by atoms with van der Waals surface area (Å²) in [5, 5.41) is 24.0. The molecule has 2 aromatic rings. The molecule has 2 aromatic heterocycles. The summed E-state index contributed by atoms with van der Waals surface area (Å²) in [5.74, 6) is 0.333. The zero-order chi connectivity index (χ0) is 13.7. The maximum atomic E-state index is 10.6. The highest BCUT2D eigenvalue weighted by atomic mass is 16.5. The molecule has 0 saturated carbocycles. The Morgan fingerprint density at radius 3 is 3.05 bits per heavy atom. The van der Waals surface area contributed by atoms with Crippen LogP contribution in [0.25, 0.3) is 5.65 Å². The minimum atomic E-state index is -0.869. The van der Waals surface area contributed by atoms with Crippen LogP contribution in [0.1, 0.15) is 12.2 Å². The standard InChI is InChI=1S/C11H15N5O3/c1-19-7-6-12-8-2-3-9-13-14-10(16(9)15-8)4-5-11(17)18/h2-3H,4-7H2,1H3,(H,12,15)(H,17,18). The molecule has 0 amide bonds. The topological polar surface area (TPSA) is 102 Å². The van der Waals surface area contributed by atoms with E-state index in [1.807, 2.05) is 0 Å². The van der Waals surface area contributed by atoms with Gasteiger partial charge in [0.1, 0.15) is 5.82 Å². The predicted molar refractivity (Wildman–Crippen MR) is 67.1 cm³/mol. The van der Waals surface area contributed by atoms with Crippen molar-refractivity contribution in [1.82, 2.24) is 19.8 Å². The number of carboxylic acids is 1. The number of aliphatic carboxylic acids is 1. The number of methoxy groups -OCH3 is 1. The summed E-state index contributed by atoms with van der Waals surface area (Å²) in [7, 11) is 1.63. The zero-order valence-electron chi connectivity index (χ0n) is 10.5. The number of aryl methyl sites for hydroxylation is 1. The fraction of sp³-hybridized carbons (Fsp3) is 0.455. The van der Waals surface area contributed by atoms with Crippen molar-refractivity contribution in [2.75, 3.05) is 25.6 Å². The number of hydrogen-bond acceptors (Lipinski definition) is 6. The third-order valence-corrected chi connectivity index (χ3v) is 2.50. The second kappa shape index (κ2) is 6.10. The van der Waals surface area contributed by atoms with Gasteiger partial charge in [-0.2, -0.15) is 4.52 Å². The van der Waals surface area contributed by atoms with Gasteiger partial charge >= 0.3 is 5.97 Å². The summed E-state index contributed by atoms with van der Waals surface area (Å²) in [6.07, 6.45) is 0.300. The largest absolute Gasteiger partial charge is 0.481 e. The molecule has 102 valence electrons. The van der Waals surface area contributed by atoms with E-state index in [4.69, 9.17) is 9.84 Å². The molecule has 0 atom stereocenters. The van der Waals surface area contributed by atoms with Gasteiger partial charge in [-0.25, -0.2) is 0 Å². The molecule has 2 N–H and O–H groups in total. The number of rotatable bonds is 7. The Kier molecular flexibility index (Phi) is 4.24. The van der Waals surface area contributed by atoms with Crippen LogP contribution in [0.15, 0.2) is 12.1 Å². The number of nitrogens with one attached hydrogen (secondary N) is 1. The van der Waals surface area contributed by atoms with Crippen LogP contribution in [0.3, 0.4) is 0 Å². The first-order valence-corrected chi connectivity index (χ1v) is 5.86. The first kappa shape index (κ1) is 13.2. The van der Waals surface area contributed by atoms with Crippen LogP contribution in [0.5, 0.6) is 0 Å². The molecule has 0 aliphatic carbocycles. The van der Waals surface area contributed by atoms with Gasteiger partial charge in [0.15, 0.2) is 11.5 Å². The molecule has 8 nitrogen and oxygen atoms in total. The molecule has 2 rings (SSSR count). The van der Waals surface area contributed by atoms with E-state index in [-0.39, 0.29) is 6.42 Å². The van der Waals surface area contributed by atoms with Crippen molar-refractivity contribution in [3.05, 3.63) is 18.0 Å². The number of carboxylic acid groups (broad SMARTS) is 1. The zero-order valence-corrected chi connectivity index (χ0v) is 10.5. The van der Waals surface area contributed by atoms with Crippen LogP contribution in [0.2, 0.25) is 0 Å². The molecule has 0 aliphatic heterocycles. The number of aromatic nitrogens is 4. The van der Waals surface area contributed by atoms with Gasteiger partial charge in [0.05, 0.1) is 13.0 Å². The van der Waals surface area contributed by atoms with Gasteiger partial charge in [0, 0.05) is 20.1 Å². The monoisotopic (exact) mass is 265 g/mol. The molecule has 2 heterocycles. The van der Waals surface area contributed by atoms with Crippen molar-refractivity contribution in [3.8, 4) is 0 Å². The number of ether oxygens (including phenoxy) is 1. The lowest BCUT2D eigenvalue weighted by Gasteiger charge is -2.05. The van der Waals surface area contributed by atoms with E-state index in [9.17, 15) is 4.79 Å². The summed E-state index contributed by atoms with van der Waals surface area (Å²) < 4.78 is 6.49. The fourth-order valence-corrected chi connectivity index (χ4v) is 1.58. The molecule has 0 unspecified atom stereocenters. The molecule has 0 bridgehead atoms. The van der Waals surface area contributed by atoms with E-state index < -0.39 is 5.97 Å². The molecule has 19 heavy (non-hydrogen) atoms. The van der Waals surface area contributed by atoms with E-state index in [1.165, 1.54) is 0 Å². The first-order valence-electron chi connectivity index (χ1n) is 5.86.